The molecule has 0 amide bonds. The maximum Gasteiger partial charge on any atom is 0.122 e. The molecule has 17 heavy (non-hydrogen) atoms. The molecule has 2 aliphatic rings. The summed E-state index contributed by atoms with van der Waals surface area (Å²) in [5.74, 6) is 1.11. The van der Waals surface area contributed by atoms with Crippen LogP contribution in [-0.2, 0) is 0 Å². The van der Waals surface area contributed by atoms with Crippen molar-refractivity contribution in [1.29, 1.82) is 0 Å². The van der Waals surface area contributed by atoms with E-state index in [4.69, 9.17) is 4.74 Å². The van der Waals surface area contributed by atoms with Gasteiger partial charge in [-0.25, -0.2) is 0 Å². The molecule has 1 aromatic rings. The minimum Gasteiger partial charge on any atom is -0.496 e. The molecule has 4 atom stereocenters. The van der Waals surface area contributed by atoms with Gasteiger partial charge in [-0.15, -0.1) is 0 Å². The Labute approximate surface area is 102 Å². The number of aliphatic hydroxyl groups excluding tert-OH is 1. The predicted molar refractivity (Wildman–Crippen MR) is 66.3 cm³/mol. The average Bonchev–Trinajstić information content (AvgIpc) is 2.78. The molecule has 0 saturated carbocycles. The largest absolute Gasteiger partial charge is 0.496 e. The van der Waals surface area contributed by atoms with E-state index in [1.807, 2.05) is 18.2 Å². The molecule has 92 valence electrons. The minimum atomic E-state index is -0.287. The summed E-state index contributed by atoms with van der Waals surface area (Å²) in [6.45, 7) is 0. The van der Waals surface area contributed by atoms with Crippen LogP contribution in [0.5, 0.6) is 5.75 Å². The molecule has 3 heteroatoms. The molecule has 0 unspecified atom stereocenters. The highest BCUT2D eigenvalue weighted by Crippen LogP contribution is 2.40. The van der Waals surface area contributed by atoms with Gasteiger partial charge in [0.1, 0.15) is 5.75 Å². The van der Waals surface area contributed by atoms with Gasteiger partial charge < -0.3 is 15.2 Å². The number of nitrogens with one attached hydrogen (secondary N) is 1. The Bertz CT molecular complexity index is 407. The summed E-state index contributed by atoms with van der Waals surface area (Å²) in [4.78, 5) is 0. The zero-order chi connectivity index (χ0) is 11.8. The van der Waals surface area contributed by atoms with Gasteiger partial charge >= 0.3 is 0 Å². The second-order valence-corrected chi connectivity index (χ2v) is 5.12. The van der Waals surface area contributed by atoms with Crippen molar-refractivity contribution in [3.8, 4) is 5.75 Å². The van der Waals surface area contributed by atoms with Gasteiger partial charge in [-0.1, -0.05) is 18.2 Å². The molecule has 2 bridgehead atoms. The fourth-order valence-electron chi connectivity index (χ4n) is 3.32. The van der Waals surface area contributed by atoms with Gasteiger partial charge in [0.2, 0.25) is 0 Å². The number of methoxy groups -OCH3 is 1. The standard InChI is InChI=1S/C14H19NO2/c1-17-13-5-3-2-4-10(13)11-8-9-6-7-12(15-9)14(11)16/h2-5,9,11-12,14-16H,6-8H2,1H3/t9-,11-,12-,14+/m1/s1. The van der Waals surface area contributed by atoms with Crippen LogP contribution in [0, 0.1) is 0 Å². The topological polar surface area (TPSA) is 41.5 Å². The molecule has 3 nitrogen and oxygen atoms in total. The third-order valence-corrected chi connectivity index (χ3v) is 4.18. The Kier molecular flexibility index (Phi) is 2.81. The van der Waals surface area contributed by atoms with Crippen molar-refractivity contribution in [2.75, 3.05) is 7.11 Å². The van der Waals surface area contributed by atoms with E-state index in [0.29, 0.717) is 6.04 Å². The Balaban J connectivity index is 1.93. The first-order valence-corrected chi connectivity index (χ1v) is 6.36. The van der Waals surface area contributed by atoms with E-state index in [-0.39, 0.29) is 18.1 Å². The van der Waals surface area contributed by atoms with Gasteiger partial charge in [0.15, 0.2) is 0 Å². The first kappa shape index (κ1) is 11.1. The molecule has 0 aromatic heterocycles. The fourth-order valence-corrected chi connectivity index (χ4v) is 3.32. The molecule has 3 rings (SSSR count). The number of hydrogen-bond donors (Lipinski definition) is 2. The van der Waals surface area contributed by atoms with Crippen LogP contribution in [0.25, 0.3) is 0 Å². The molecule has 2 N–H and O–H groups in total. The highest BCUT2D eigenvalue weighted by molar-refractivity contribution is 5.38. The predicted octanol–water partition coefficient (Wildman–Crippen LogP) is 1.66. The molecule has 0 radical (unpaired) electrons. The molecule has 2 heterocycles. The second-order valence-electron chi connectivity index (χ2n) is 5.12. The number of ether oxygens (including phenoxy) is 1. The van der Waals surface area contributed by atoms with Gasteiger partial charge in [-0.05, 0) is 30.9 Å². The summed E-state index contributed by atoms with van der Waals surface area (Å²) < 4.78 is 5.41. The summed E-state index contributed by atoms with van der Waals surface area (Å²) in [7, 11) is 1.70. The normalized spacial score (nSPS) is 35.9. The maximum absolute atomic E-state index is 10.4. The maximum atomic E-state index is 10.4. The van der Waals surface area contributed by atoms with E-state index in [0.717, 1.165) is 24.2 Å². The quantitative estimate of drug-likeness (QED) is 0.816. The van der Waals surface area contributed by atoms with Gasteiger partial charge in [-0.2, -0.15) is 0 Å². The average molecular weight is 233 g/mol. The number of hydrogen-bond acceptors (Lipinski definition) is 3. The molecule has 1 aromatic carbocycles. The third kappa shape index (κ3) is 1.83. The van der Waals surface area contributed by atoms with E-state index in [9.17, 15) is 5.11 Å². The van der Waals surface area contributed by atoms with Crippen LogP contribution in [-0.4, -0.2) is 30.4 Å². The molecule has 0 aliphatic carbocycles. The first-order chi connectivity index (χ1) is 8.29. The number of benzene rings is 1. The summed E-state index contributed by atoms with van der Waals surface area (Å²) in [6, 6.07) is 8.89. The summed E-state index contributed by atoms with van der Waals surface area (Å²) >= 11 is 0. The monoisotopic (exact) mass is 233 g/mol. The van der Waals surface area contributed by atoms with Crippen LogP contribution in [0.1, 0.15) is 30.7 Å². The SMILES string of the molecule is COc1ccccc1[C@H]1C[C@H]2CC[C@@H](N2)[C@H]1O. The lowest BCUT2D eigenvalue weighted by Crippen LogP contribution is -2.47. The van der Waals surface area contributed by atoms with Crippen LogP contribution in [0.2, 0.25) is 0 Å². The lowest BCUT2D eigenvalue weighted by Gasteiger charge is -2.35. The molecular weight excluding hydrogens is 214 g/mol. The third-order valence-electron chi connectivity index (χ3n) is 4.18. The first-order valence-electron chi connectivity index (χ1n) is 6.36. The molecule has 0 spiro atoms. The van der Waals surface area contributed by atoms with E-state index in [2.05, 4.69) is 11.4 Å². The number of rotatable bonds is 2. The Hall–Kier alpha value is -1.06. The molecule has 2 fully saturated rings. The number of aliphatic hydroxyl groups is 1. The fraction of sp³-hybridized carbons (Fsp3) is 0.571. The van der Waals surface area contributed by atoms with Crippen LogP contribution in [0.15, 0.2) is 24.3 Å². The van der Waals surface area contributed by atoms with Crippen LogP contribution in [0.3, 0.4) is 0 Å². The van der Waals surface area contributed by atoms with Gasteiger partial charge in [0.05, 0.1) is 13.2 Å². The van der Waals surface area contributed by atoms with Crippen molar-refractivity contribution >= 4 is 0 Å². The van der Waals surface area contributed by atoms with Crippen molar-refractivity contribution in [3.63, 3.8) is 0 Å². The Morgan fingerprint density at radius 1 is 1.29 bits per heavy atom. The highest BCUT2D eigenvalue weighted by atomic mass is 16.5. The summed E-state index contributed by atoms with van der Waals surface area (Å²) in [5, 5.41) is 13.9. The van der Waals surface area contributed by atoms with Crippen molar-refractivity contribution in [2.45, 2.75) is 43.4 Å². The zero-order valence-corrected chi connectivity index (χ0v) is 10.1. The molecular formula is C14H19NO2. The van der Waals surface area contributed by atoms with Crippen LogP contribution in [0.4, 0.5) is 0 Å². The van der Waals surface area contributed by atoms with Gasteiger partial charge in [-0.3, -0.25) is 0 Å². The lowest BCUT2D eigenvalue weighted by molar-refractivity contribution is 0.0796. The Morgan fingerprint density at radius 2 is 2.12 bits per heavy atom. The Morgan fingerprint density at radius 3 is 2.94 bits per heavy atom. The van der Waals surface area contributed by atoms with Crippen molar-refractivity contribution in [1.82, 2.24) is 5.32 Å². The zero-order valence-electron chi connectivity index (χ0n) is 10.1. The van der Waals surface area contributed by atoms with Crippen molar-refractivity contribution in [3.05, 3.63) is 29.8 Å². The number of para-hydroxylation sites is 1. The van der Waals surface area contributed by atoms with Crippen molar-refractivity contribution in [2.24, 2.45) is 0 Å². The lowest BCUT2D eigenvalue weighted by atomic mass is 9.83. The van der Waals surface area contributed by atoms with E-state index in [1.54, 1.807) is 7.11 Å². The number of piperidine rings is 1. The van der Waals surface area contributed by atoms with E-state index in [1.165, 1.54) is 6.42 Å². The van der Waals surface area contributed by atoms with Crippen LogP contribution >= 0.6 is 0 Å². The minimum absolute atomic E-state index is 0.213. The van der Waals surface area contributed by atoms with E-state index < -0.39 is 0 Å². The van der Waals surface area contributed by atoms with Gasteiger partial charge in [0, 0.05) is 18.0 Å². The highest BCUT2D eigenvalue weighted by Gasteiger charge is 2.41. The van der Waals surface area contributed by atoms with Crippen molar-refractivity contribution < 1.29 is 9.84 Å². The smallest absolute Gasteiger partial charge is 0.122 e. The molecule has 2 saturated heterocycles. The second kappa shape index (κ2) is 4.31. The van der Waals surface area contributed by atoms with E-state index >= 15 is 0 Å². The summed E-state index contributed by atoms with van der Waals surface area (Å²) in [5.41, 5.74) is 1.15. The van der Waals surface area contributed by atoms with Gasteiger partial charge in [0.25, 0.3) is 0 Å². The summed E-state index contributed by atoms with van der Waals surface area (Å²) in [6.07, 6.45) is 3.01. The number of fused-ring (bicyclic) bond motifs is 2. The van der Waals surface area contributed by atoms with Crippen LogP contribution < -0.4 is 10.1 Å². The molecule has 2 aliphatic heterocycles.